The van der Waals surface area contributed by atoms with Gasteiger partial charge in [-0.25, -0.2) is 23.6 Å². The monoisotopic (exact) mass is 1080 g/mol. The normalized spacial score (nSPS) is 25.7. The van der Waals surface area contributed by atoms with E-state index in [1.54, 1.807) is 43.3 Å². The summed E-state index contributed by atoms with van der Waals surface area (Å²) in [5, 5.41) is 79.8. The van der Waals surface area contributed by atoms with E-state index in [2.05, 4.69) is 20.2 Å². The summed E-state index contributed by atoms with van der Waals surface area (Å²) in [7, 11) is -8.40. The van der Waals surface area contributed by atoms with Gasteiger partial charge in [0.15, 0.2) is 11.6 Å². The van der Waals surface area contributed by atoms with Gasteiger partial charge in [-0.3, -0.25) is 18.7 Å². The molecule has 30 heteroatoms. The number of aliphatic hydroxyl groups excluding tert-OH is 4. The molecule has 2 saturated heterocycles. The van der Waals surface area contributed by atoms with E-state index in [4.69, 9.17) is 44.4 Å². The van der Waals surface area contributed by atoms with Gasteiger partial charge in [-0.2, -0.15) is 20.7 Å². The first-order valence-corrected chi connectivity index (χ1v) is 26.0. The van der Waals surface area contributed by atoms with Crippen molar-refractivity contribution in [2.45, 2.75) is 88.4 Å². The predicted molar refractivity (Wildman–Crippen MR) is 252 cm³/mol. The molecule has 0 saturated carbocycles. The number of nitrogen functional groups attached to an aromatic ring is 2. The van der Waals surface area contributed by atoms with Gasteiger partial charge in [-0.1, -0.05) is 58.7 Å². The number of hydrogen-bond donors (Lipinski definition) is 8. The van der Waals surface area contributed by atoms with Gasteiger partial charge in [0.05, 0.1) is 55.4 Å². The van der Waals surface area contributed by atoms with Crippen LogP contribution in [0.4, 0.5) is 11.6 Å². The Morgan fingerprint density at radius 3 is 1.70 bits per heavy atom. The number of para-hydroxylation sites is 1. The van der Waals surface area contributed by atoms with E-state index < -0.39 is 106 Å². The number of anilines is 2. The first kappa shape index (κ1) is 61.4. The van der Waals surface area contributed by atoms with Crippen molar-refractivity contribution in [3.63, 3.8) is 0 Å². The maximum atomic E-state index is 14.0. The molecule has 2 aliphatic rings. The first-order chi connectivity index (χ1) is 34.1. The molecule has 396 valence electrons. The number of nitriles is 2. The molecule has 0 amide bonds. The van der Waals surface area contributed by atoms with Crippen LogP contribution in [0.25, 0.3) is 11.0 Å². The molecule has 7 rings (SSSR count). The number of hydrogen-bond acceptors (Lipinski definition) is 23. The number of aliphatic carboxylic acids is 1. The molecule has 11 N–H and O–H groups in total. The van der Waals surface area contributed by atoms with Crippen LogP contribution in [0.3, 0.4) is 0 Å². The molecule has 0 radical (unpaired) electrons. The fourth-order valence-electron chi connectivity index (χ4n) is 7.99. The second kappa shape index (κ2) is 25.6. The minimum atomic E-state index is -4.34. The number of rotatable bonds is 20. The Morgan fingerprint density at radius 1 is 0.784 bits per heavy atom. The zero-order valence-electron chi connectivity index (χ0n) is 40.8. The van der Waals surface area contributed by atoms with Crippen LogP contribution in [0.1, 0.15) is 51.9 Å². The van der Waals surface area contributed by atoms with E-state index in [9.17, 15) is 54.6 Å². The molecule has 12 atom stereocenters. The second-order valence-electron chi connectivity index (χ2n) is 17.3. The number of ether oxygens (including phenoxy) is 3. The third kappa shape index (κ3) is 13.1. The number of carboxylic acids is 1. The maximum absolute atomic E-state index is 14.0. The van der Waals surface area contributed by atoms with Crippen LogP contribution < -0.4 is 45.5 Å². The van der Waals surface area contributed by atoms with Crippen LogP contribution in [0.5, 0.6) is 5.75 Å². The summed E-state index contributed by atoms with van der Waals surface area (Å²) in [4.78, 5) is 41.2. The topological polar surface area (TPSA) is 435 Å². The predicted octanol–water partition coefficient (Wildman–Crippen LogP) is -1.04. The van der Waals surface area contributed by atoms with Crippen molar-refractivity contribution in [1.29, 1.82) is 10.5 Å². The molecule has 0 aliphatic carbocycles. The maximum Gasteiger partial charge on any atom is 1.00 e. The van der Waals surface area contributed by atoms with E-state index in [-0.39, 0.29) is 82.5 Å². The summed E-state index contributed by atoms with van der Waals surface area (Å²) >= 11 is 0. The van der Waals surface area contributed by atoms with Crippen LogP contribution in [0.2, 0.25) is 0 Å². The molecule has 74 heavy (non-hydrogen) atoms. The Bertz CT molecular complexity index is 2900. The third-order valence-corrected chi connectivity index (χ3v) is 15.9. The van der Waals surface area contributed by atoms with Crippen molar-refractivity contribution in [2.75, 3.05) is 43.6 Å². The zero-order chi connectivity index (χ0) is 52.8. The van der Waals surface area contributed by atoms with Crippen LogP contribution in [-0.2, 0) is 53.2 Å². The number of benzene rings is 1. The van der Waals surface area contributed by atoms with Crippen molar-refractivity contribution in [3.8, 4) is 17.9 Å². The summed E-state index contributed by atoms with van der Waals surface area (Å²) in [5.41, 5.74) is 8.43. The molecule has 4 aromatic heterocycles. The standard InChI is InChI=1S/C28H36N5O8P.C16H20N5O8P.Na.H2O/c1-4-19(5-2)13-38-27(36)18(3)15-42(37,41-20-9-7-6-8-10-20)39-14-22-24(34)25(35)28(16-29,40-22)23-12-11-21-26(30)31-17-32-33(21)23;1-8(15(24)25)5-30(26,27)28-4-10-12(22)13(23)16(6-17,29-10)11-3-2-9-14(18)19-7-20-21(9)11;;/h6-12,17-19,22,24-25,34-35H,4-5,13-15H2,1-3H3,(H2,30,31,32);2-3,7-8,10,12-13,22-23H,4-5H2,1H3,(H,24,25)(H,26,27)(H2,18,19,20);;1H2/q;;+1;/p-1/t18-,22-,24-,25-,28+,42+;8?,10-,12-,13-,16+;;/m11../s1. The number of esters is 1. The average molecular weight is 1080 g/mol. The van der Waals surface area contributed by atoms with Crippen LogP contribution in [0.15, 0.2) is 67.3 Å². The SMILES string of the molecule is CC(CP(=O)(O)OC[C@H]1O[C@@](C#N)(c2ccc3c(N)ncnn23)[C@H](O)[C@@H]1O)C(=O)O.CCC(CC)COC(=O)[C@H](C)C[P@](=O)(OC[C@H]1O[C@@](C#N)(c2ccc3c(N)ncnn23)[C@H](O)[C@@H]1O)Oc1ccccc1.[Na+].[OH-]. The summed E-state index contributed by atoms with van der Waals surface area (Å²) in [5.74, 6) is -3.08. The van der Waals surface area contributed by atoms with Gasteiger partial charge < -0.3 is 70.6 Å². The van der Waals surface area contributed by atoms with Gasteiger partial charge in [0, 0.05) is 0 Å². The Kier molecular flexibility index (Phi) is 21.2. The van der Waals surface area contributed by atoms with Gasteiger partial charge in [-0.15, -0.1) is 0 Å². The number of aromatic nitrogens is 6. The van der Waals surface area contributed by atoms with Crippen molar-refractivity contribution in [1.82, 2.24) is 29.2 Å². The quantitative estimate of drug-likeness (QED) is 0.0262. The van der Waals surface area contributed by atoms with Gasteiger partial charge >= 0.3 is 56.7 Å². The molecule has 1 aromatic carbocycles. The van der Waals surface area contributed by atoms with Crippen LogP contribution in [0, 0.1) is 40.4 Å². The van der Waals surface area contributed by atoms with Gasteiger partial charge in [0.2, 0.25) is 11.2 Å². The second-order valence-corrected chi connectivity index (χ2v) is 21.2. The van der Waals surface area contributed by atoms with E-state index in [0.29, 0.717) is 11.0 Å². The molecule has 0 bridgehead atoms. The van der Waals surface area contributed by atoms with E-state index in [1.165, 1.54) is 40.5 Å². The molecule has 0 spiro atoms. The largest absolute Gasteiger partial charge is 1.00 e. The number of aliphatic hydroxyl groups is 4. The summed E-state index contributed by atoms with van der Waals surface area (Å²) in [6, 6.07) is 18.1. The summed E-state index contributed by atoms with van der Waals surface area (Å²) < 4.78 is 62.1. The Hall–Kier alpha value is -5.16. The molecular weight excluding hydrogens is 1030 g/mol. The molecular formula is C44H57N10NaO17P2. The molecule has 2 unspecified atom stereocenters. The minimum Gasteiger partial charge on any atom is -0.870 e. The number of fused-ring (bicyclic) bond motifs is 2. The van der Waals surface area contributed by atoms with E-state index in [0.717, 1.165) is 19.2 Å². The van der Waals surface area contributed by atoms with Gasteiger partial charge in [0.25, 0.3) is 0 Å². The van der Waals surface area contributed by atoms with E-state index >= 15 is 0 Å². The van der Waals surface area contributed by atoms with Crippen molar-refractivity contribution < 1.29 is 112 Å². The molecule has 2 fully saturated rings. The molecule has 5 aromatic rings. The van der Waals surface area contributed by atoms with E-state index in [1.807, 2.05) is 26.0 Å². The van der Waals surface area contributed by atoms with Gasteiger partial charge in [0.1, 0.15) is 78.2 Å². The summed E-state index contributed by atoms with van der Waals surface area (Å²) in [6.45, 7) is 5.90. The van der Waals surface area contributed by atoms with Crippen molar-refractivity contribution in [2.24, 2.45) is 17.8 Å². The fraction of sp³-hybridized carbons (Fsp3) is 0.500. The Balaban J connectivity index is 0.000000329. The average Bonchev–Trinajstić information content (AvgIpc) is 4.12. The van der Waals surface area contributed by atoms with Crippen LogP contribution >= 0.6 is 15.2 Å². The van der Waals surface area contributed by atoms with Gasteiger partial charge in [-0.05, 0) is 42.3 Å². The third-order valence-electron chi connectivity index (χ3n) is 12.3. The number of nitrogens with zero attached hydrogens (tertiary/aromatic N) is 8. The summed E-state index contributed by atoms with van der Waals surface area (Å²) in [6.07, 6.45) is -6.32. The molecule has 6 heterocycles. The minimum absolute atomic E-state index is 0. The Labute approximate surface area is 445 Å². The fourth-order valence-corrected chi connectivity index (χ4v) is 11.2. The van der Waals surface area contributed by atoms with Crippen molar-refractivity contribution >= 4 is 49.8 Å². The number of carbonyl (C=O) groups is 2. The number of carboxylic acid groups (broad SMARTS) is 1. The zero-order valence-corrected chi connectivity index (χ0v) is 44.6. The number of nitrogens with two attached hydrogens (primary N) is 2. The first-order valence-electron chi connectivity index (χ1n) is 22.5. The molecule has 27 nitrogen and oxygen atoms in total. The molecule has 2 aliphatic heterocycles. The van der Waals surface area contributed by atoms with Crippen molar-refractivity contribution in [3.05, 3.63) is 78.6 Å². The smallest absolute Gasteiger partial charge is 0.870 e. The number of carbonyl (C=O) groups excluding carboxylic acids is 1. The van der Waals surface area contributed by atoms with Crippen LogP contribution in [-0.4, -0.2) is 146 Å². The Morgan fingerprint density at radius 2 is 1.26 bits per heavy atom.